The smallest absolute Gasteiger partial charge is 0 e. The fourth-order valence-electron chi connectivity index (χ4n) is 2.79. The molecule has 0 unspecified atom stereocenters. The Kier molecular flexibility index (Phi) is 3.39. The molecule has 0 N–H and O–H groups in total. The van der Waals surface area contributed by atoms with Crippen LogP contribution in [0.1, 0.15) is 0 Å². The summed E-state index contributed by atoms with van der Waals surface area (Å²) in [4.78, 5) is 0. The predicted octanol–water partition coefficient (Wildman–Crippen LogP) is 4.94. The number of fused-ring (bicyclic) bond motifs is 6. The number of hydrogen-bond donors (Lipinski definition) is 0. The van der Waals surface area contributed by atoms with Crippen LogP contribution in [0.4, 0.5) is 0 Å². The number of rotatable bonds is 0. The van der Waals surface area contributed by atoms with Crippen molar-refractivity contribution in [1.82, 2.24) is 0 Å². The van der Waals surface area contributed by atoms with E-state index in [1.54, 1.807) is 0 Å². The van der Waals surface area contributed by atoms with Crippen molar-refractivity contribution in [2.75, 3.05) is 0 Å². The SMILES string of the molecule is [Y].[c-]1ccc2c(c1)c1ccccc1c1ccccc21. The Bertz CT molecular complexity index is 657. The van der Waals surface area contributed by atoms with Gasteiger partial charge in [-0.15, -0.1) is 10.8 Å². The van der Waals surface area contributed by atoms with Gasteiger partial charge in [0.1, 0.15) is 0 Å². The Morgan fingerprint density at radius 3 is 1.47 bits per heavy atom. The second kappa shape index (κ2) is 5.04. The molecule has 0 heterocycles. The molecule has 0 atom stereocenters. The van der Waals surface area contributed by atoms with E-state index in [0.29, 0.717) is 0 Å². The molecule has 0 aromatic heterocycles. The second-order valence-electron chi connectivity index (χ2n) is 4.56. The predicted molar refractivity (Wildman–Crippen MR) is 77.8 cm³/mol. The molecule has 0 amide bonds. The molecule has 4 aromatic rings. The molecule has 0 aliphatic heterocycles. The van der Waals surface area contributed by atoms with Crippen molar-refractivity contribution in [3.8, 4) is 0 Å². The van der Waals surface area contributed by atoms with Crippen LogP contribution in [0.2, 0.25) is 0 Å². The van der Waals surface area contributed by atoms with Crippen molar-refractivity contribution >= 4 is 32.3 Å². The fourth-order valence-corrected chi connectivity index (χ4v) is 2.79. The van der Waals surface area contributed by atoms with Gasteiger partial charge in [-0.25, -0.2) is 0 Å². The Hall–Kier alpha value is -1.24. The van der Waals surface area contributed by atoms with Crippen molar-refractivity contribution in [3.05, 3.63) is 72.8 Å². The molecule has 4 rings (SSSR count). The summed E-state index contributed by atoms with van der Waals surface area (Å²) in [5.41, 5.74) is 0. The topological polar surface area (TPSA) is 0 Å². The molecule has 87 valence electrons. The van der Waals surface area contributed by atoms with Crippen LogP contribution >= 0.6 is 0 Å². The number of hydrogen-bond acceptors (Lipinski definition) is 0. The van der Waals surface area contributed by atoms with E-state index in [1.807, 2.05) is 6.07 Å². The molecule has 1 radical (unpaired) electrons. The van der Waals surface area contributed by atoms with Crippen LogP contribution < -0.4 is 0 Å². The average molecular weight is 316 g/mol. The minimum absolute atomic E-state index is 0. The molecule has 19 heavy (non-hydrogen) atoms. The first kappa shape index (κ1) is 12.8. The zero-order chi connectivity index (χ0) is 11.9. The van der Waals surface area contributed by atoms with Gasteiger partial charge in [0.15, 0.2) is 0 Å². The van der Waals surface area contributed by atoms with Gasteiger partial charge in [0.2, 0.25) is 0 Å². The van der Waals surface area contributed by atoms with Crippen LogP contribution in [-0.4, -0.2) is 0 Å². The van der Waals surface area contributed by atoms with E-state index in [0.717, 1.165) is 0 Å². The van der Waals surface area contributed by atoms with Gasteiger partial charge in [0.05, 0.1) is 0 Å². The minimum atomic E-state index is 0. The molecule has 0 saturated heterocycles. The van der Waals surface area contributed by atoms with E-state index in [2.05, 4.69) is 66.7 Å². The van der Waals surface area contributed by atoms with Crippen LogP contribution in [0.3, 0.4) is 0 Å². The summed E-state index contributed by atoms with van der Waals surface area (Å²) >= 11 is 0. The zero-order valence-electron chi connectivity index (χ0n) is 10.4. The van der Waals surface area contributed by atoms with E-state index in [1.165, 1.54) is 32.3 Å². The van der Waals surface area contributed by atoms with Gasteiger partial charge >= 0.3 is 0 Å². The Morgan fingerprint density at radius 1 is 0.526 bits per heavy atom. The third kappa shape index (κ3) is 1.91. The molecule has 0 nitrogen and oxygen atoms in total. The molecule has 0 fully saturated rings. The minimum Gasteiger partial charge on any atom is -0.183 e. The van der Waals surface area contributed by atoms with Gasteiger partial charge < -0.3 is 0 Å². The quantitative estimate of drug-likeness (QED) is 0.318. The van der Waals surface area contributed by atoms with Gasteiger partial charge in [-0.1, -0.05) is 53.9 Å². The first-order chi connectivity index (χ1) is 8.95. The maximum Gasteiger partial charge on any atom is 0 e. The van der Waals surface area contributed by atoms with Gasteiger partial charge in [0, 0.05) is 32.7 Å². The van der Waals surface area contributed by atoms with Crippen LogP contribution in [0.25, 0.3) is 32.3 Å². The largest absolute Gasteiger partial charge is 0.183 e. The first-order valence-corrected chi connectivity index (χ1v) is 6.14. The van der Waals surface area contributed by atoms with Gasteiger partial charge in [-0.05, 0) is 16.2 Å². The molecule has 0 saturated carbocycles. The summed E-state index contributed by atoms with van der Waals surface area (Å²) in [7, 11) is 0. The molecule has 1 heteroatoms. The maximum atomic E-state index is 3.19. The van der Waals surface area contributed by atoms with E-state index < -0.39 is 0 Å². The summed E-state index contributed by atoms with van der Waals surface area (Å²) < 4.78 is 0. The molecule has 0 bridgehead atoms. The van der Waals surface area contributed by atoms with Crippen molar-refractivity contribution in [2.24, 2.45) is 0 Å². The monoisotopic (exact) mass is 316 g/mol. The summed E-state index contributed by atoms with van der Waals surface area (Å²) in [6.45, 7) is 0. The first-order valence-electron chi connectivity index (χ1n) is 6.14. The van der Waals surface area contributed by atoms with Crippen molar-refractivity contribution in [2.45, 2.75) is 0 Å². The standard InChI is InChI=1S/C18H11.Y/c1-2-8-14-13(7-1)15-9-3-4-11-17(15)18-12-6-5-10-16(14)18;/h1-5,7-12H;/q-1;. The maximum absolute atomic E-state index is 3.19. The second-order valence-corrected chi connectivity index (χ2v) is 4.56. The van der Waals surface area contributed by atoms with E-state index in [4.69, 9.17) is 0 Å². The van der Waals surface area contributed by atoms with Gasteiger partial charge in [0.25, 0.3) is 0 Å². The van der Waals surface area contributed by atoms with Gasteiger partial charge in [-0.2, -0.15) is 24.3 Å². The molecule has 0 spiro atoms. The van der Waals surface area contributed by atoms with Gasteiger partial charge in [-0.3, -0.25) is 0 Å². The summed E-state index contributed by atoms with van der Waals surface area (Å²) in [6.07, 6.45) is 0. The molecular formula is C18H11Y-. The summed E-state index contributed by atoms with van der Waals surface area (Å²) in [5, 5.41) is 7.87. The number of benzene rings is 4. The van der Waals surface area contributed by atoms with Crippen LogP contribution in [0.15, 0.2) is 66.7 Å². The van der Waals surface area contributed by atoms with Crippen LogP contribution in [0, 0.1) is 6.07 Å². The molecule has 4 aromatic carbocycles. The van der Waals surface area contributed by atoms with Crippen molar-refractivity contribution in [3.63, 3.8) is 0 Å². The third-order valence-corrected chi connectivity index (χ3v) is 3.59. The van der Waals surface area contributed by atoms with E-state index in [9.17, 15) is 0 Å². The Balaban J connectivity index is 0.00000110. The van der Waals surface area contributed by atoms with Crippen LogP contribution in [-0.2, 0) is 32.7 Å². The normalized spacial score (nSPS) is 10.7. The summed E-state index contributed by atoms with van der Waals surface area (Å²) in [5.74, 6) is 0. The molecule has 0 aliphatic rings. The summed E-state index contributed by atoms with van der Waals surface area (Å²) in [6, 6.07) is 26.6. The molecule has 0 aliphatic carbocycles. The Labute approximate surface area is 137 Å². The van der Waals surface area contributed by atoms with E-state index >= 15 is 0 Å². The Morgan fingerprint density at radius 2 is 0.947 bits per heavy atom. The fraction of sp³-hybridized carbons (Fsp3) is 0. The average Bonchev–Trinajstić information content (AvgIpc) is 2.48. The molecular weight excluding hydrogens is 305 g/mol. The van der Waals surface area contributed by atoms with Crippen molar-refractivity contribution in [1.29, 1.82) is 0 Å². The zero-order valence-corrected chi connectivity index (χ0v) is 13.3. The van der Waals surface area contributed by atoms with Crippen molar-refractivity contribution < 1.29 is 32.7 Å². The van der Waals surface area contributed by atoms with Crippen LogP contribution in [0.5, 0.6) is 0 Å². The third-order valence-electron chi connectivity index (χ3n) is 3.59. The van der Waals surface area contributed by atoms with E-state index in [-0.39, 0.29) is 32.7 Å².